The maximum atomic E-state index is 12.9. The SMILES string of the molecule is CC(C)(C)CNC(c1ccccc1)C(F)(F)F. The molecular formula is C13H18F3N. The van der Waals surface area contributed by atoms with Crippen LogP contribution >= 0.6 is 0 Å². The smallest absolute Gasteiger partial charge is 0.302 e. The van der Waals surface area contributed by atoms with Crippen LogP contribution < -0.4 is 5.32 Å². The van der Waals surface area contributed by atoms with E-state index in [1.165, 1.54) is 12.1 Å². The Morgan fingerprint density at radius 3 is 2.00 bits per heavy atom. The fourth-order valence-electron chi connectivity index (χ4n) is 1.48. The lowest BCUT2D eigenvalue weighted by atomic mass is 9.95. The lowest BCUT2D eigenvalue weighted by molar-refractivity contribution is -0.158. The summed E-state index contributed by atoms with van der Waals surface area (Å²) < 4.78 is 38.8. The Hall–Kier alpha value is -1.03. The molecule has 1 atom stereocenters. The number of alkyl halides is 3. The summed E-state index contributed by atoms with van der Waals surface area (Å²) in [6.45, 7) is 6.02. The summed E-state index contributed by atoms with van der Waals surface area (Å²) in [5.41, 5.74) is 0.0717. The zero-order chi connectivity index (χ0) is 13.1. The van der Waals surface area contributed by atoms with Crippen molar-refractivity contribution in [3.63, 3.8) is 0 Å². The van der Waals surface area contributed by atoms with Crippen molar-refractivity contribution < 1.29 is 13.2 Å². The largest absolute Gasteiger partial charge is 0.407 e. The summed E-state index contributed by atoms with van der Waals surface area (Å²) in [6.07, 6.45) is -4.27. The molecule has 96 valence electrons. The maximum Gasteiger partial charge on any atom is 0.407 e. The van der Waals surface area contributed by atoms with Crippen LogP contribution in [-0.4, -0.2) is 12.7 Å². The summed E-state index contributed by atoms with van der Waals surface area (Å²) in [5.74, 6) is 0. The predicted octanol–water partition coefficient (Wildman–Crippen LogP) is 3.93. The number of rotatable bonds is 3. The van der Waals surface area contributed by atoms with Gasteiger partial charge in [0.05, 0.1) is 0 Å². The van der Waals surface area contributed by atoms with Crippen LogP contribution in [0.2, 0.25) is 0 Å². The molecule has 0 aliphatic carbocycles. The van der Waals surface area contributed by atoms with Crippen LogP contribution in [0.4, 0.5) is 13.2 Å². The highest BCUT2D eigenvalue weighted by Gasteiger charge is 2.40. The van der Waals surface area contributed by atoms with Crippen LogP contribution in [0.3, 0.4) is 0 Å². The molecule has 0 radical (unpaired) electrons. The number of halogens is 3. The van der Waals surface area contributed by atoms with E-state index in [1.807, 2.05) is 20.8 Å². The van der Waals surface area contributed by atoms with Gasteiger partial charge in [-0.05, 0) is 11.0 Å². The molecule has 1 N–H and O–H groups in total. The van der Waals surface area contributed by atoms with E-state index in [1.54, 1.807) is 18.2 Å². The van der Waals surface area contributed by atoms with Gasteiger partial charge in [-0.3, -0.25) is 0 Å². The van der Waals surface area contributed by atoms with E-state index in [0.29, 0.717) is 6.54 Å². The molecule has 0 fully saturated rings. The van der Waals surface area contributed by atoms with Gasteiger partial charge < -0.3 is 5.32 Å². The van der Waals surface area contributed by atoms with Crippen molar-refractivity contribution in [3.05, 3.63) is 35.9 Å². The van der Waals surface area contributed by atoms with Gasteiger partial charge in [0.2, 0.25) is 0 Å². The summed E-state index contributed by atoms with van der Waals surface area (Å²) in [4.78, 5) is 0. The van der Waals surface area contributed by atoms with Crippen molar-refractivity contribution in [2.45, 2.75) is 33.0 Å². The Kier molecular flexibility index (Phi) is 4.20. The minimum atomic E-state index is -4.27. The second-order valence-electron chi connectivity index (χ2n) is 5.33. The normalized spacial score (nSPS) is 14.7. The van der Waals surface area contributed by atoms with E-state index >= 15 is 0 Å². The third kappa shape index (κ3) is 4.77. The second kappa shape index (κ2) is 5.08. The van der Waals surface area contributed by atoms with E-state index in [4.69, 9.17) is 0 Å². The Bertz CT molecular complexity index is 338. The molecule has 0 aliphatic heterocycles. The van der Waals surface area contributed by atoms with E-state index in [9.17, 15) is 13.2 Å². The minimum absolute atomic E-state index is 0.182. The van der Waals surface area contributed by atoms with Gasteiger partial charge >= 0.3 is 6.18 Å². The van der Waals surface area contributed by atoms with Crippen LogP contribution in [0.15, 0.2) is 30.3 Å². The monoisotopic (exact) mass is 245 g/mol. The van der Waals surface area contributed by atoms with E-state index < -0.39 is 12.2 Å². The first kappa shape index (κ1) is 14.0. The molecule has 4 heteroatoms. The molecule has 0 amide bonds. The summed E-state index contributed by atoms with van der Waals surface area (Å²) in [6, 6.07) is 6.34. The molecule has 0 aromatic heterocycles. The number of hydrogen-bond donors (Lipinski definition) is 1. The molecule has 0 aliphatic rings. The Morgan fingerprint density at radius 1 is 1.06 bits per heavy atom. The molecule has 17 heavy (non-hydrogen) atoms. The van der Waals surface area contributed by atoms with Crippen molar-refractivity contribution >= 4 is 0 Å². The van der Waals surface area contributed by atoms with Crippen molar-refractivity contribution in [1.29, 1.82) is 0 Å². The van der Waals surface area contributed by atoms with Crippen molar-refractivity contribution in [3.8, 4) is 0 Å². The topological polar surface area (TPSA) is 12.0 Å². The first-order valence-corrected chi connectivity index (χ1v) is 5.55. The van der Waals surface area contributed by atoms with E-state index in [-0.39, 0.29) is 11.0 Å². The van der Waals surface area contributed by atoms with Gasteiger partial charge in [-0.2, -0.15) is 13.2 Å². The molecule has 1 rings (SSSR count). The van der Waals surface area contributed by atoms with Gasteiger partial charge in [0.25, 0.3) is 0 Å². The van der Waals surface area contributed by atoms with Gasteiger partial charge in [0.1, 0.15) is 6.04 Å². The molecule has 0 saturated heterocycles. The maximum absolute atomic E-state index is 12.9. The molecule has 0 bridgehead atoms. The van der Waals surface area contributed by atoms with Gasteiger partial charge in [-0.1, -0.05) is 51.1 Å². The third-order valence-corrected chi connectivity index (χ3v) is 2.30. The summed E-state index contributed by atoms with van der Waals surface area (Å²) in [7, 11) is 0. The standard InChI is InChI=1S/C13H18F3N/c1-12(2,3)9-17-11(13(14,15)16)10-7-5-4-6-8-10/h4-8,11,17H,9H2,1-3H3. The Balaban J connectivity index is 2.83. The average Bonchev–Trinajstić information content (AvgIpc) is 2.15. The fourth-order valence-corrected chi connectivity index (χ4v) is 1.48. The van der Waals surface area contributed by atoms with Gasteiger partial charge in [-0.15, -0.1) is 0 Å². The Morgan fingerprint density at radius 2 is 1.59 bits per heavy atom. The zero-order valence-electron chi connectivity index (χ0n) is 10.3. The quantitative estimate of drug-likeness (QED) is 0.850. The van der Waals surface area contributed by atoms with Crippen LogP contribution in [0.5, 0.6) is 0 Å². The van der Waals surface area contributed by atoms with Crippen LogP contribution in [0, 0.1) is 5.41 Å². The summed E-state index contributed by atoms with van der Waals surface area (Å²) in [5, 5.41) is 2.59. The highest BCUT2D eigenvalue weighted by atomic mass is 19.4. The molecule has 1 aromatic carbocycles. The average molecular weight is 245 g/mol. The van der Waals surface area contributed by atoms with Crippen LogP contribution in [-0.2, 0) is 0 Å². The Labute approximate surface area is 100 Å². The second-order valence-corrected chi connectivity index (χ2v) is 5.33. The zero-order valence-corrected chi connectivity index (χ0v) is 10.3. The molecule has 0 saturated carbocycles. The number of nitrogens with one attached hydrogen (secondary N) is 1. The van der Waals surface area contributed by atoms with Gasteiger partial charge in [-0.25, -0.2) is 0 Å². The molecule has 1 unspecified atom stereocenters. The van der Waals surface area contributed by atoms with Crippen molar-refractivity contribution in [2.24, 2.45) is 5.41 Å². The molecule has 0 heterocycles. The predicted molar refractivity (Wildman–Crippen MR) is 62.7 cm³/mol. The van der Waals surface area contributed by atoms with Crippen molar-refractivity contribution in [1.82, 2.24) is 5.32 Å². The van der Waals surface area contributed by atoms with E-state index in [0.717, 1.165) is 0 Å². The highest BCUT2D eigenvalue weighted by Crippen LogP contribution is 2.33. The number of hydrogen-bond acceptors (Lipinski definition) is 1. The third-order valence-electron chi connectivity index (χ3n) is 2.30. The molecule has 1 aromatic rings. The first-order chi connectivity index (χ1) is 7.70. The van der Waals surface area contributed by atoms with Crippen LogP contribution in [0.1, 0.15) is 32.4 Å². The van der Waals surface area contributed by atoms with Gasteiger partial charge in [0.15, 0.2) is 0 Å². The lowest BCUT2D eigenvalue weighted by Gasteiger charge is -2.26. The minimum Gasteiger partial charge on any atom is -0.302 e. The highest BCUT2D eigenvalue weighted by molar-refractivity contribution is 5.20. The lowest BCUT2D eigenvalue weighted by Crippen LogP contribution is -2.38. The fraction of sp³-hybridized carbons (Fsp3) is 0.538. The van der Waals surface area contributed by atoms with Gasteiger partial charge in [0, 0.05) is 6.54 Å². The summed E-state index contributed by atoms with van der Waals surface area (Å²) >= 11 is 0. The van der Waals surface area contributed by atoms with Crippen molar-refractivity contribution in [2.75, 3.05) is 6.54 Å². The number of benzene rings is 1. The molecule has 0 spiro atoms. The molecule has 1 nitrogen and oxygen atoms in total. The van der Waals surface area contributed by atoms with Crippen LogP contribution in [0.25, 0.3) is 0 Å². The van der Waals surface area contributed by atoms with E-state index in [2.05, 4.69) is 5.32 Å². The molecular weight excluding hydrogens is 227 g/mol. The first-order valence-electron chi connectivity index (χ1n) is 5.55.